The van der Waals surface area contributed by atoms with Gasteiger partial charge in [0.25, 0.3) is 0 Å². The third kappa shape index (κ3) is 2.91. The third-order valence-corrected chi connectivity index (χ3v) is 3.57. The molecule has 0 saturated carbocycles. The van der Waals surface area contributed by atoms with Gasteiger partial charge in [-0.2, -0.15) is 0 Å². The quantitative estimate of drug-likeness (QED) is 0.758. The molecule has 1 heterocycles. The predicted octanol–water partition coefficient (Wildman–Crippen LogP) is 4.65. The SMILES string of the molecule is Fc1ccc(CNCc2c(Cl)oc3ccccc23)cc1F. The topological polar surface area (TPSA) is 25.2 Å². The molecule has 0 bridgehead atoms. The second-order valence-electron chi connectivity index (χ2n) is 4.70. The van der Waals surface area contributed by atoms with E-state index in [-0.39, 0.29) is 0 Å². The Morgan fingerprint density at radius 1 is 1.00 bits per heavy atom. The Hall–Kier alpha value is -1.91. The van der Waals surface area contributed by atoms with Gasteiger partial charge >= 0.3 is 0 Å². The molecule has 2 nitrogen and oxygen atoms in total. The van der Waals surface area contributed by atoms with Crippen LogP contribution in [0.1, 0.15) is 11.1 Å². The minimum absolute atomic E-state index is 0.342. The van der Waals surface area contributed by atoms with Gasteiger partial charge < -0.3 is 9.73 Å². The Morgan fingerprint density at radius 3 is 2.62 bits per heavy atom. The van der Waals surface area contributed by atoms with Crippen molar-refractivity contribution in [3.63, 3.8) is 0 Å². The Balaban J connectivity index is 1.72. The summed E-state index contributed by atoms with van der Waals surface area (Å²) in [5.41, 5.74) is 2.25. The molecule has 3 aromatic rings. The van der Waals surface area contributed by atoms with Crippen LogP contribution in [0.5, 0.6) is 0 Å². The second kappa shape index (κ2) is 5.84. The molecule has 0 amide bonds. The van der Waals surface area contributed by atoms with E-state index in [0.29, 0.717) is 23.9 Å². The van der Waals surface area contributed by atoms with Crippen molar-refractivity contribution in [3.8, 4) is 0 Å². The van der Waals surface area contributed by atoms with Crippen molar-refractivity contribution in [2.24, 2.45) is 0 Å². The van der Waals surface area contributed by atoms with Crippen LogP contribution in [0.2, 0.25) is 5.22 Å². The Kier molecular flexibility index (Phi) is 3.90. The number of nitrogens with one attached hydrogen (secondary N) is 1. The molecule has 0 radical (unpaired) electrons. The van der Waals surface area contributed by atoms with Crippen molar-refractivity contribution in [1.82, 2.24) is 5.32 Å². The maximum Gasteiger partial charge on any atom is 0.199 e. The first-order valence-electron chi connectivity index (χ1n) is 6.45. The lowest BCUT2D eigenvalue weighted by molar-refractivity contribution is 0.506. The molecule has 3 rings (SSSR count). The van der Waals surface area contributed by atoms with E-state index < -0.39 is 11.6 Å². The maximum atomic E-state index is 13.1. The fourth-order valence-corrected chi connectivity index (χ4v) is 2.47. The van der Waals surface area contributed by atoms with Crippen LogP contribution in [0.3, 0.4) is 0 Å². The largest absolute Gasteiger partial charge is 0.444 e. The summed E-state index contributed by atoms with van der Waals surface area (Å²) in [6, 6.07) is 11.4. The number of hydrogen-bond acceptors (Lipinski definition) is 2. The zero-order valence-corrected chi connectivity index (χ0v) is 11.8. The van der Waals surface area contributed by atoms with Crippen molar-refractivity contribution < 1.29 is 13.2 Å². The van der Waals surface area contributed by atoms with Crippen molar-refractivity contribution in [2.75, 3.05) is 0 Å². The molecule has 0 atom stereocenters. The molecule has 0 aliphatic heterocycles. The third-order valence-electron chi connectivity index (χ3n) is 3.26. The molecule has 108 valence electrons. The summed E-state index contributed by atoms with van der Waals surface area (Å²) in [7, 11) is 0. The molecule has 0 fully saturated rings. The van der Waals surface area contributed by atoms with Crippen LogP contribution in [-0.2, 0) is 13.1 Å². The normalized spacial score (nSPS) is 11.2. The molecule has 0 spiro atoms. The van der Waals surface area contributed by atoms with E-state index in [1.165, 1.54) is 6.07 Å². The van der Waals surface area contributed by atoms with Gasteiger partial charge in [0.05, 0.1) is 0 Å². The van der Waals surface area contributed by atoms with Gasteiger partial charge in [-0.15, -0.1) is 0 Å². The van der Waals surface area contributed by atoms with Gasteiger partial charge in [-0.3, -0.25) is 0 Å². The lowest BCUT2D eigenvalue weighted by Gasteiger charge is -2.05. The van der Waals surface area contributed by atoms with E-state index in [9.17, 15) is 8.78 Å². The van der Waals surface area contributed by atoms with Crippen LogP contribution in [0.4, 0.5) is 8.78 Å². The first-order valence-corrected chi connectivity index (χ1v) is 6.83. The number of rotatable bonds is 4. The van der Waals surface area contributed by atoms with Crippen molar-refractivity contribution in [1.29, 1.82) is 0 Å². The molecule has 0 unspecified atom stereocenters. The number of furan rings is 1. The fourth-order valence-electron chi connectivity index (χ4n) is 2.22. The lowest BCUT2D eigenvalue weighted by Crippen LogP contribution is -2.13. The van der Waals surface area contributed by atoms with Crippen LogP contribution in [-0.4, -0.2) is 0 Å². The summed E-state index contributed by atoms with van der Waals surface area (Å²) in [5, 5.41) is 4.44. The van der Waals surface area contributed by atoms with Gasteiger partial charge in [0.1, 0.15) is 5.58 Å². The molecule has 2 aromatic carbocycles. The van der Waals surface area contributed by atoms with Gasteiger partial charge in [0.2, 0.25) is 0 Å². The highest BCUT2D eigenvalue weighted by molar-refractivity contribution is 6.30. The molecular formula is C16H12ClF2NO. The molecule has 1 aromatic heterocycles. The second-order valence-corrected chi connectivity index (χ2v) is 5.05. The zero-order chi connectivity index (χ0) is 14.8. The molecular weight excluding hydrogens is 296 g/mol. The summed E-state index contributed by atoms with van der Waals surface area (Å²) < 4.78 is 31.4. The van der Waals surface area contributed by atoms with Crippen LogP contribution < -0.4 is 5.32 Å². The van der Waals surface area contributed by atoms with E-state index in [2.05, 4.69) is 5.32 Å². The van der Waals surface area contributed by atoms with E-state index in [1.807, 2.05) is 24.3 Å². The first-order chi connectivity index (χ1) is 10.1. The maximum absolute atomic E-state index is 13.1. The zero-order valence-electron chi connectivity index (χ0n) is 11.0. The highest BCUT2D eigenvalue weighted by Gasteiger charge is 2.11. The molecule has 1 N–H and O–H groups in total. The fraction of sp³-hybridized carbons (Fsp3) is 0.125. The summed E-state index contributed by atoms with van der Waals surface area (Å²) in [6.45, 7) is 0.891. The molecule has 21 heavy (non-hydrogen) atoms. The molecule has 0 aliphatic carbocycles. The minimum atomic E-state index is -0.846. The van der Waals surface area contributed by atoms with E-state index in [4.69, 9.17) is 16.0 Å². The Labute approximate surface area is 125 Å². The number of benzene rings is 2. The first kappa shape index (κ1) is 14.0. The smallest absolute Gasteiger partial charge is 0.199 e. The lowest BCUT2D eigenvalue weighted by atomic mass is 10.1. The summed E-state index contributed by atoms with van der Waals surface area (Å²) in [6.07, 6.45) is 0. The van der Waals surface area contributed by atoms with Gasteiger partial charge in [-0.25, -0.2) is 8.78 Å². The highest BCUT2D eigenvalue weighted by atomic mass is 35.5. The average molecular weight is 308 g/mol. The van der Waals surface area contributed by atoms with Gasteiger partial charge in [0.15, 0.2) is 16.9 Å². The van der Waals surface area contributed by atoms with Gasteiger partial charge in [0, 0.05) is 24.0 Å². The highest BCUT2D eigenvalue weighted by Crippen LogP contribution is 2.29. The molecule has 0 aliphatic rings. The van der Waals surface area contributed by atoms with E-state index in [1.54, 1.807) is 6.07 Å². The van der Waals surface area contributed by atoms with Crippen LogP contribution >= 0.6 is 11.6 Å². The summed E-state index contributed by atoms with van der Waals surface area (Å²) in [4.78, 5) is 0. The van der Waals surface area contributed by atoms with Crippen molar-refractivity contribution in [2.45, 2.75) is 13.1 Å². The number of para-hydroxylation sites is 1. The van der Waals surface area contributed by atoms with Crippen molar-refractivity contribution in [3.05, 3.63) is 70.4 Å². The van der Waals surface area contributed by atoms with Gasteiger partial charge in [-0.05, 0) is 35.4 Å². The monoisotopic (exact) mass is 307 g/mol. The van der Waals surface area contributed by atoms with Crippen LogP contribution in [0.15, 0.2) is 46.9 Å². The molecule has 0 saturated heterocycles. The number of hydrogen-bond donors (Lipinski definition) is 1. The van der Waals surface area contributed by atoms with Gasteiger partial charge in [-0.1, -0.05) is 24.3 Å². The minimum Gasteiger partial charge on any atom is -0.444 e. The van der Waals surface area contributed by atoms with E-state index in [0.717, 1.165) is 22.6 Å². The Morgan fingerprint density at radius 2 is 1.81 bits per heavy atom. The number of fused-ring (bicyclic) bond motifs is 1. The van der Waals surface area contributed by atoms with E-state index >= 15 is 0 Å². The average Bonchev–Trinajstić information content (AvgIpc) is 2.79. The van der Waals surface area contributed by atoms with Crippen LogP contribution in [0.25, 0.3) is 11.0 Å². The molecule has 5 heteroatoms. The summed E-state index contributed by atoms with van der Waals surface area (Å²) >= 11 is 6.08. The predicted molar refractivity (Wildman–Crippen MR) is 78.1 cm³/mol. The number of halogens is 3. The Bertz CT molecular complexity index is 785. The summed E-state index contributed by atoms with van der Waals surface area (Å²) in [5.74, 6) is -1.69. The van der Waals surface area contributed by atoms with Crippen LogP contribution in [0, 0.1) is 11.6 Å². The van der Waals surface area contributed by atoms with Crippen molar-refractivity contribution >= 4 is 22.6 Å². The standard InChI is InChI=1S/C16H12ClF2NO/c17-16-12(11-3-1-2-4-15(11)21-16)9-20-8-10-5-6-13(18)14(19)7-10/h1-7,20H,8-9H2.